The molecule has 0 aliphatic carbocycles. The van der Waals surface area contributed by atoms with Gasteiger partial charge in [0.05, 0.1) is 25.4 Å². The van der Waals surface area contributed by atoms with Crippen LogP contribution in [0.15, 0.2) is 29.3 Å². The second kappa shape index (κ2) is 5.79. The van der Waals surface area contributed by atoms with Gasteiger partial charge in [0, 0.05) is 11.1 Å². The molecule has 2 rings (SSSR count). The monoisotopic (exact) mass is 279 g/mol. The lowest BCUT2D eigenvalue weighted by atomic mass is 10.2. The molecule has 0 unspecified atom stereocenters. The third kappa shape index (κ3) is 2.73. The lowest BCUT2D eigenvalue weighted by molar-refractivity contribution is -0.133. The van der Waals surface area contributed by atoms with Crippen molar-refractivity contribution < 1.29 is 19.4 Å². The molecule has 1 aromatic heterocycles. The van der Waals surface area contributed by atoms with Crippen molar-refractivity contribution in [1.29, 1.82) is 0 Å². The van der Waals surface area contributed by atoms with Gasteiger partial charge in [-0.25, -0.2) is 0 Å². The molecule has 0 bridgehead atoms. The molecule has 19 heavy (non-hydrogen) atoms. The molecule has 0 radical (unpaired) electrons. The summed E-state index contributed by atoms with van der Waals surface area (Å²) < 4.78 is 10.6. The number of carboxylic acids is 1. The molecule has 6 heteroatoms. The number of hydrogen-bond donors (Lipinski definition) is 1. The summed E-state index contributed by atoms with van der Waals surface area (Å²) in [6.45, 7) is 0. The maximum atomic E-state index is 10.7. The molecule has 1 heterocycles. The van der Waals surface area contributed by atoms with Gasteiger partial charge in [0.2, 0.25) is 0 Å². The SMILES string of the molecule is COc1ccc(OC)c2c(SCC(=O)O)ccnc12. The highest BCUT2D eigenvalue weighted by Gasteiger charge is 2.13. The molecule has 5 nitrogen and oxygen atoms in total. The summed E-state index contributed by atoms with van der Waals surface area (Å²) in [5, 5.41) is 9.56. The normalized spacial score (nSPS) is 10.4. The zero-order chi connectivity index (χ0) is 13.8. The molecule has 100 valence electrons. The van der Waals surface area contributed by atoms with E-state index in [1.807, 2.05) is 0 Å². The number of aromatic nitrogens is 1. The smallest absolute Gasteiger partial charge is 0.313 e. The zero-order valence-electron chi connectivity index (χ0n) is 10.5. The van der Waals surface area contributed by atoms with E-state index in [2.05, 4.69) is 4.98 Å². The quantitative estimate of drug-likeness (QED) is 0.848. The van der Waals surface area contributed by atoms with Crippen molar-refractivity contribution in [2.45, 2.75) is 4.90 Å². The van der Waals surface area contributed by atoms with E-state index >= 15 is 0 Å². The molecule has 0 amide bonds. The van der Waals surface area contributed by atoms with Crippen LogP contribution in [0, 0.1) is 0 Å². The second-order valence-electron chi connectivity index (χ2n) is 3.69. The maximum absolute atomic E-state index is 10.7. The molecular weight excluding hydrogens is 266 g/mol. The Morgan fingerprint density at radius 2 is 1.95 bits per heavy atom. The van der Waals surface area contributed by atoms with E-state index in [-0.39, 0.29) is 5.75 Å². The fourth-order valence-electron chi connectivity index (χ4n) is 1.78. The van der Waals surface area contributed by atoms with E-state index in [0.29, 0.717) is 17.0 Å². The molecule has 0 aliphatic heterocycles. The number of thioether (sulfide) groups is 1. The van der Waals surface area contributed by atoms with Crippen molar-refractivity contribution in [1.82, 2.24) is 4.98 Å². The van der Waals surface area contributed by atoms with E-state index < -0.39 is 5.97 Å². The fraction of sp³-hybridized carbons (Fsp3) is 0.231. The van der Waals surface area contributed by atoms with E-state index in [0.717, 1.165) is 10.3 Å². The Bertz CT molecular complexity index is 615. The van der Waals surface area contributed by atoms with Gasteiger partial charge in [0.1, 0.15) is 17.0 Å². The minimum atomic E-state index is -0.864. The summed E-state index contributed by atoms with van der Waals surface area (Å²) in [4.78, 5) is 15.8. The van der Waals surface area contributed by atoms with Crippen molar-refractivity contribution in [3.63, 3.8) is 0 Å². The standard InChI is InChI=1S/C13H13NO4S/c1-17-8-3-4-9(18-2)13-12(8)10(5-6-14-13)19-7-11(15)16/h3-6H,7H2,1-2H3,(H,15,16). The molecule has 0 fully saturated rings. The Balaban J connectivity index is 2.60. The molecule has 0 saturated heterocycles. The number of nitrogens with zero attached hydrogens (tertiary/aromatic N) is 1. The largest absolute Gasteiger partial charge is 0.496 e. The molecule has 0 saturated carbocycles. The molecule has 2 aromatic rings. The highest BCUT2D eigenvalue weighted by molar-refractivity contribution is 8.00. The van der Waals surface area contributed by atoms with Crippen LogP contribution in [0.1, 0.15) is 0 Å². The number of benzene rings is 1. The first-order chi connectivity index (χ1) is 9.17. The summed E-state index contributed by atoms with van der Waals surface area (Å²) in [6.07, 6.45) is 1.63. The Kier molecular flexibility index (Phi) is 4.11. The first-order valence-electron chi connectivity index (χ1n) is 5.51. The fourth-order valence-corrected chi connectivity index (χ4v) is 2.55. The number of aliphatic carboxylic acids is 1. The van der Waals surface area contributed by atoms with Gasteiger partial charge in [-0.05, 0) is 18.2 Å². The predicted molar refractivity (Wildman–Crippen MR) is 73.2 cm³/mol. The van der Waals surface area contributed by atoms with Gasteiger partial charge >= 0.3 is 5.97 Å². The number of hydrogen-bond acceptors (Lipinski definition) is 5. The van der Waals surface area contributed by atoms with Crippen LogP contribution < -0.4 is 9.47 Å². The lowest BCUT2D eigenvalue weighted by Gasteiger charge is -2.11. The topological polar surface area (TPSA) is 68.7 Å². The van der Waals surface area contributed by atoms with Crippen LogP contribution in [0.2, 0.25) is 0 Å². The number of pyridine rings is 1. The van der Waals surface area contributed by atoms with Crippen LogP contribution in [0.25, 0.3) is 10.9 Å². The van der Waals surface area contributed by atoms with E-state index in [9.17, 15) is 4.79 Å². The van der Waals surface area contributed by atoms with Gasteiger partial charge in [0.15, 0.2) is 0 Å². The van der Waals surface area contributed by atoms with Gasteiger partial charge in [0.25, 0.3) is 0 Å². The Morgan fingerprint density at radius 3 is 2.58 bits per heavy atom. The maximum Gasteiger partial charge on any atom is 0.313 e. The number of methoxy groups -OCH3 is 2. The predicted octanol–water partition coefficient (Wildman–Crippen LogP) is 2.43. The van der Waals surface area contributed by atoms with Crippen molar-refractivity contribution >= 4 is 28.6 Å². The van der Waals surface area contributed by atoms with E-state index in [4.69, 9.17) is 14.6 Å². The van der Waals surface area contributed by atoms with Gasteiger partial charge < -0.3 is 14.6 Å². The summed E-state index contributed by atoms with van der Waals surface area (Å²) in [5.41, 5.74) is 0.664. The third-order valence-corrected chi connectivity index (χ3v) is 3.61. The van der Waals surface area contributed by atoms with Gasteiger partial charge in [-0.3, -0.25) is 9.78 Å². The van der Waals surface area contributed by atoms with Gasteiger partial charge in [-0.15, -0.1) is 11.8 Å². The van der Waals surface area contributed by atoms with Crippen LogP contribution >= 0.6 is 11.8 Å². The van der Waals surface area contributed by atoms with Gasteiger partial charge in [-0.1, -0.05) is 0 Å². The van der Waals surface area contributed by atoms with E-state index in [1.54, 1.807) is 38.6 Å². The Morgan fingerprint density at radius 1 is 1.26 bits per heavy atom. The van der Waals surface area contributed by atoms with Crippen LogP contribution in [0.3, 0.4) is 0 Å². The van der Waals surface area contributed by atoms with Crippen molar-refractivity contribution in [3.8, 4) is 11.5 Å². The summed E-state index contributed by atoms with van der Waals surface area (Å²) in [6, 6.07) is 5.34. The molecule has 1 N–H and O–H groups in total. The van der Waals surface area contributed by atoms with Crippen molar-refractivity contribution in [2.75, 3.05) is 20.0 Å². The first kappa shape index (κ1) is 13.5. The van der Waals surface area contributed by atoms with Crippen LogP contribution in [-0.4, -0.2) is 36.0 Å². The Hall–Kier alpha value is -1.95. The second-order valence-corrected chi connectivity index (χ2v) is 4.70. The van der Waals surface area contributed by atoms with Crippen molar-refractivity contribution in [3.05, 3.63) is 24.4 Å². The first-order valence-corrected chi connectivity index (χ1v) is 6.50. The summed E-state index contributed by atoms with van der Waals surface area (Å²) >= 11 is 1.23. The number of carboxylic acid groups (broad SMARTS) is 1. The summed E-state index contributed by atoms with van der Waals surface area (Å²) in [7, 11) is 3.14. The van der Waals surface area contributed by atoms with Crippen LogP contribution in [-0.2, 0) is 4.79 Å². The highest BCUT2D eigenvalue weighted by Crippen LogP contribution is 2.37. The third-order valence-electron chi connectivity index (χ3n) is 2.57. The average molecular weight is 279 g/mol. The molecule has 1 aromatic carbocycles. The lowest BCUT2D eigenvalue weighted by Crippen LogP contribution is -1.98. The number of carbonyl (C=O) groups is 1. The van der Waals surface area contributed by atoms with E-state index in [1.165, 1.54) is 11.8 Å². The molecule has 0 aliphatic rings. The molecular formula is C13H13NO4S. The minimum absolute atomic E-state index is 0.0144. The Labute approximate surface area is 114 Å². The molecule has 0 spiro atoms. The number of rotatable bonds is 5. The van der Waals surface area contributed by atoms with Crippen LogP contribution in [0.5, 0.6) is 11.5 Å². The number of fused-ring (bicyclic) bond motifs is 1. The molecule has 0 atom stereocenters. The average Bonchev–Trinajstić information content (AvgIpc) is 2.43. The van der Waals surface area contributed by atoms with Gasteiger partial charge in [-0.2, -0.15) is 0 Å². The summed E-state index contributed by atoms with van der Waals surface area (Å²) in [5.74, 6) is 0.404. The van der Waals surface area contributed by atoms with Crippen molar-refractivity contribution in [2.24, 2.45) is 0 Å². The minimum Gasteiger partial charge on any atom is -0.496 e. The number of ether oxygens (including phenoxy) is 2. The van der Waals surface area contributed by atoms with Crippen LogP contribution in [0.4, 0.5) is 0 Å². The highest BCUT2D eigenvalue weighted by atomic mass is 32.2. The zero-order valence-corrected chi connectivity index (χ0v) is 11.4.